The Morgan fingerprint density at radius 2 is 2.11 bits per heavy atom. The number of carbonyl (C=O) groups is 2. The van der Waals surface area contributed by atoms with E-state index in [4.69, 9.17) is 4.74 Å². The van der Waals surface area contributed by atoms with Crippen LogP contribution in [0.2, 0.25) is 0 Å². The number of amides is 2. The highest BCUT2D eigenvalue weighted by Crippen LogP contribution is 2.41. The number of ether oxygens (including phenoxy) is 1. The summed E-state index contributed by atoms with van der Waals surface area (Å²) in [6.45, 7) is 3.08. The Kier molecular flexibility index (Phi) is 4.74. The molecule has 1 spiro atoms. The lowest BCUT2D eigenvalue weighted by molar-refractivity contribution is -0.139. The van der Waals surface area contributed by atoms with Gasteiger partial charge in [-0.3, -0.25) is 9.59 Å². The van der Waals surface area contributed by atoms with Gasteiger partial charge in [0.2, 0.25) is 5.91 Å². The number of rotatable bonds is 4. The molecular formula is C21H28N2O4. The zero-order valence-electron chi connectivity index (χ0n) is 15.9. The van der Waals surface area contributed by atoms with Crippen molar-refractivity contribution >= 4 is 11.8 Å². The van der Waals surface area contributed by atoms with Crippen LogP contribution < -0.4 is 4.74 Å². The van der Waals surface area contributed by atoms with Crippen LogP contribution in [-0.2, 0) is 4.79 Å². The second-order valence-electron chi connectivity index (χ2n) is 8.43. The number of aromatic hydroxyl groups is 1. The number of hydrogen-bond donors (Lipinski definition) is 1. The first-order chi connectivity index (χ1) is 13.0. The minimum absolute atomic E-state index is 0.0191. The van der Waals surface area contributed by atoms with Gasteiger partial charge in [-0.1, -0.05) is 0 Å². The van der Waals surface area contributed by atoms with E-state index in [1.807, 2.05) is 9.80 Å². The van der Waals surface area contributed by atoms with Crippen LogP contribution in [0.15, 0.2) is 18.2 Å². The Morgan fingerprint density at radius 3 is 2.81 bits per heavy atom. The number of likely N-dealkylation sites (tertiary alicyclic amines) is 2. The highest BCUT2D eigenvalue weighted by Gasteiger charge is 2.43. The van der Waals surface area contributed by atoms with Gasteiger partial charge in [0, 0.05) is 43.6 Å². The van der Waals surface area contributed by atoms with E-state index in [1.165, 1.54) is 26.0 Å². The lowest BCUT2D eigenvalue weighted by Crippen LogP contribution is -2.55. The summed E-state index contributed by atoms with van der Waals surface area (Å²) in [4.78, 5) is 29.3. The molecule has 1 aromatic rings. The maximum absolute atomic E-state index is 13.0. The van der Waals surface area contributed by atoms with Crippen LogP contribution in [0, 0.1) is 11.3 Å². The van der Waals surface area contributed by atoms with Gasteiger partial charge in [0.05, 0.1) is 7.11 Å². The Balaban J connectivity index is 1.47. The van der Waals surface area contributed by atoms with Crippen molar-refractivity contribution in [1.82, 2.24) is 9.80 Å². The van der Waals surface area contributed by atoms with Gasteiger partial charge in [0.1, 0.15) is 0 Å². The van der Waals surface area contributed by atoms with Crippen LogP contribution in [-0.4, -0.2) is 60.0 Å². The highest BCUT2D eigenvalue weighted by molar-refractivity contribution is 5.95. The number of hydrogen-bond acceptors (Lipinski definition) is 4. The molecule has 146 valence electrons. The SMILES string of the molecule is COc1ccc(C(=O)N2CCC[C@]3(CCC(=O)N(CC4CC4)C3)C2)cc1O. The van der Waals surface area contributed by atoms with Crippen molar-refractivity contribution in [3.8, 4) is 11.5 Å². The fourth-order valence-electron chi connectivity index (χ4n) is 4.60. The first-order valence-corrected chi connectivity index (χ1v) is 9.94. The van der Waals surface area contributed by atoms with E-state index >= 15 is 0 Å². The topological polar surface area (TPSA) is 70.1 Å². The predicted octanol–water partition coefficient (Wildman–Crippen LogP) is 2.66. The molecule has 0 bridgehead atoms. The van der Waals surface area contributed by atoms with Crippen LogP contribution in [0.4, 0.5) is 0 Å². The van der Waals surface area contributed by atoms with Gasteiger partial charge in [-0.25, -0.2) is 0 Å². The summed E-state index contributed by atoms with van der Waals surface area (Å²) in [5.74, 6) is 1.25. The Hall–Kier alpha value is -2.24. The Bertz CT molecular complexity index is 746. The molecule has 0 aromatic heterocycles. The number of methoxy groups -OCH3 is 1. The van der Waals surface area contributed by atoms with Gasteiger partial charge >= 0.3 is 0 Å². The van der Waals surface area contributed by atoms with Crippen LogP contribution in [0.25, 0.3) is 0 Å². The van der Waals surface area contributed by atoms with E-state index in [0.29, 0.717) is 30.2 Å². The predicted molar refractivity (Wildman–Crippen MR) is 101 cm³/mol. The minimum Gasteiger partial charge on any atom is -0.504 e. The number of piperidine rings is 2. The molecular weight excluding hydrogens is 344 g/mol. The van der Waals surface area contributed by atoms with Crippen molar-refractivity contribution in [2.75, 3.05) is 33.3 Å². The van der Waals surface area contributed by atoms with Gasteiger partial charge in [-0.05, 0) is 56.2 Å². The third-order valence-corrected chi connectivity index (χ3v) is 6.30. The van der Waals surface area contributed by atoms with E-state index in [-0.39, 0.29) is 23.0 Å². The van der Waals surface area contributed by atoms with Crippen molar-refractivity contribution in [1.29, 1.82) is 0 Å². The van der Waals surface area contributed by atoms with Crippen LogP contribution in [0.3, 0.4) is 0 Å². The molecule has 4 rings (SSSR count). The summed E-state index contributed by atoms with van der Waals surface area (Å²) in [5.41, 5.74) is 0.498. The summed E-state index contributed by atoms with van der Waals surface area (Å²) in [5, 5.41) is 9.99. The molecule has 2 saturated heterocycles. The van der Waals surface area contributed by atoms with Crippen LogP contribution in [0.1, 0.15) is 48.9 Å². The normalized spacial score (nSPS) is 25.7. The molecule has 0 radical (unpaired) electrons. The average molecular weight is 372 g/mol. The van der Waals surface area contributed by atoms with E-state index < -0.39 is 0 Å². The van der Waals surface area contributed by atoms with Crippen LogP contribution >= 0.6 is 0 Å². The van der Waals surface area contributed by atoms with Gasteiger partial charge < -0.3 is 19.6 Å². The number of phenols is 1. The van der Waals surface area contributed by atoms with Gasteiger partial charge in [-0.15, -0.1) is 0 Å². The van der Waals surface area contributed by atoms with Gasteiger partial charge in [0.25, 0.3) is 5.91 Å². The third kappa shape index (κ3) is 3.75. The smallest absolute Gasteiger partial charge is 0.254 e. The number of carbonyl (C=O) groups excluding carboxylic acids is 2. The second-order valence-corrected chi connectivity index (χ2v) is 8.43. The van der Waals surface area contributed by atoms with E-state index in [2.05, 4.69) is 0 Å². The Morgan fingerprint density at radius 1 is 1.30 bits per heavy atom. The molecule has 1 saturated carbocycles. The van der Waals surface area contributed by atoms with Crippen molar-refractivity contribution < 1.29 is 19.4 Å². The maximum Gasteiger partial charge on any atom is 0.254 e. The summed E-state index contributed by atoms with van der Waals surface area (Å²) in [7, 11) is 1.49. The maximum atomic E-state index is 13.0. The molecule has 0 unspecified atom stereocenters. The molecule has 3 aliphatic rings. The summed E-state index contributed by atoms with van der Waals surface area (Å²) < 4.78 is 5.06. The quantitative estimate of drug-likeness (QED) is 0.882. The fraction of sp³-hybridized carbons (Fsp3) is 0.619. The highest BCUT2D eigenvalue weighted by atomic mass is 16.5. The summed E-state index contributed by atoms with van der Waals surface area (Å²) in [6.07, 6.45) is 5.96. The van der Waals surface area contributed by atoms with Crippen molar-refractivity contribution in [3.63, 3.8) is 0 Å². The van der Waals surface area contributed by atoms with Gasteiger partial charge in [0.15, 0.2) is 11.5 Å². The van der Waals surface area contributed by atoms with E-state index in [1.54, 1.807) is 12.1 Å². The van der Waals surface area contributed by atoms with Crippen molar-refractivity contribution in [3.05, 3.63) is 23.8 Å². The molecule has 1 atom stereocenters. The lowest BCUT2D eigenvalue weighted by atomic mass is 9.73. The third-order valence-electron chi connectivity index (χ3n) is 6.30. The molecule has 1 aromatic carbocycles. The number of phenolic OH excluding ortho intramolecular Hbond substituents is 1. The Labute approximate surface area is 160 Å². The van der Waals surface area contributed by atoms with Crippen LogP contribution in [0.5, 0.6) is 11.5 Å². The summed E-state index contributed by atoms with van der Waals surface area (Å²) in [6, 6.07) is 4.80. The molecule has 1 aliphatic carbocycles. The molecule has 2 aliphatic heterocycles. The molecule has 2 amide bonds. The molecule has 1 N–H and O–H groups in total. The van der Waals surface area contributed by atoms with E-state index in [0.717, 1.165) is 38.9 Å². The molecule has 6 nitrogen and oxygen atoms in total. The number of nitrogens with zero attached hydrogens (tertiary/aromatic N) is 2. The van der Waals surface area contributed by atoms with Gasteiger partial charge in [-0.2, -0.15) is 0 Å². The summed E-state index contributed by atoms with van der Waals surface area (Å²) >= 11 is 0. The second kappa shape index (κ2) is 7.06. The first kappa shape index (κ1) is 18.1. The zero-order valence-corrected chi connectivity index (χ0v) is 15.9. The van der Waals surface area contributed by atoms with Crippen molar-refractivity contribution in [2.24, 2.45) is 11.3 Å². The average Bonchev–Trinajstić information content (AvgIpc) is 3.48. The molecule has 2 heterocycles. The molecule has 6 heteroatoms. The number of benzene rings is 1. The standard InChI is InChI=1S/C21H28N2O4/c1-27-18-6-5-16(11-17(18)24)20(26)22-10-2-8-21(13-22)9-7-19(25)23(14-21)12-15-3-4-15/h5-6,11,15,24H,2-4,7-10,12-14H2,1H3/t21-/m0/s1. The largest absolute Gasteiger partial charge is 0.504 e. The minimum atomic E-state index is -0.0577. The first-order valence-electron chi connectivity index (χ1n) is 9.94. The molecule has 27 heavy (non-hydrogen) atoms. The zero-order chi connectivity index (χ0) is 19.0. The van der Waals surface area contributed by atoms with E-state index in [9.17, 15) is 14.7 Å². The monoisotopic (exact) mass is 372 g/mol. The molecule has 3 fully saturated rings. The van der Waals surface area contributed by atoms with Crippen molar-refractivity contribution in [2.45, 2.75) is 38.5 Å². The lowest BCUT2D eigenvalue weighted by Gasteiger charge is -2.48. The fourth-order valence-corrected chi connectivity index (χ4v) is 4.60.